The van der Waals surface area contributed by atoms with E-state index in [2.05, 4.69) is 45.1 Å². The fourth-order valence-electron chi connectivity index (χ4n) is 11.6. The summed E-state index contributed by atoms with van der Waals surface area (Å²) in [7, 11) is 0. The number of allylic oxidation sites excluding steroid dienone is 4. The zero-order valence-electron chi connectivity index (χ0n) is 55.8. The van der Waals surface area contributed by atoms with Gasteiger partial charge in [-0.15, -0.1) is 0 Å². The van der Waals surface area contributed by atoms with E-state index in [4.69, 9.17) is 14.2 Å². The van der Waals surface area contributed by atoms with E-state index in [-0.39, 0.29) is 31.1 Å². The molecule has 1 unspecified atom stereocenters. The Morgan fingerprint density at radius 1 is 0.232 bits per heavy atom. The summed E-state index contributed by atoms with van der Waals surface area (Å²) in [5.41, 5.74) is 0. The number of unbranched alkanes of at least 4 members (excludes halogenated alkanes) is 55. The summed E-state index contributed by atoms with van der Waals surface area (Å²) in [6.07, 6.45) is 88.5. The van der Waals surface area contributed by atoms with E-state index in [9.17, 15) is 14.4 Å². The van der Waals surface area contributed by atoms with Crippen LogP contribution in [0.5, 0.6) is 0 Å². The molecule has 0 radical (unpaired) electrons. The number of carbonyl (C=O) groups excluding carboxylic acids is 3. The van der Waals surface area contributed by atoms with Gasteiger partial charge in [0.15, 0.2) is 6.10 Å². The fraction of sp³-hybridized carbons (Fsp3) is 0.908. The molecule has 0 bridgehead atoms. The zero-order valence-corrected chi connectivity index (χ0v) is 55.8. The minimum Gasteiger partial charge on any atom is -0.462 e. The fourth-order valence-corrected chi connectivity index (χ4v) is 11.6. The van der Waals surface area contributed by atoms with Gasteiger partial charge in [-0.3, -0.25) is 14.4 Å². The molecule has 0 aliphatic heterocycles. The molecule has 0 aromatic heterocycles. The summed E-state index contributed by atoms with van der Waals surface area (Å²) < 4.78 is 16.9. The first kappa shape index (κ1) is 79.9. The van der Waals surface area contributed by atoms with E-state index in [1.807, 2.05) is 0 Å². The predicted molar refractivity (Wildman–Crippen MR) is 358 cm³/mol. The maximum absolute atomic E-state index is 12.9. The molecule has 0 aliphatic rings. The topological polar surface area (TPSA) is 78.9 Å². The molecule has 0 rings (SSSR count). The number of rotatable bonds is 70. The lowest BCUT2D eigenvalue weighted by Gasteiger charge is -2.18. The van der Waals surface area contributed by atoms with Crippen LogP contribution in [0.1, 0.15) is 425 Å². The van der Waals surface area contributed by atoms with Gasteiger partial charge in [0.1, 0.15) is 13.2 Å². The quantitative estimate of drug-likeness (QED) is 0.0261. The molecule has 484 valence electrons. The summed E-state index contributed by atoms with van der Waals surface area (Å²) in [5, 5.41) is 0. The van der Waals surface area contributed by atoms with Gasteiger partial charge in [-0.1, -0.05) is 360 Å². The smallest absolute Gasteiger partial charge is 0.306 e. The Morgan fingerprint density at radius 3 is 0.610 bits per heavy atom. The van der Waals surface area contributed by atoms with Crippen molar-refractivity contribution in [3.63, 3.8) is 0 Å². The molecule has 0 aromatic rings. The lowest BCUT2D eigenvalue weighted by Crippen LogP contribution is -2.30. The highest BCUT2D eigenvalue weighted by atomic mass is 16.6. The Labute approximate surface area is 513 Å². The molecule has 82 heavy (non-hydrogen) atoms. The van der Waals surface area contributed by atoms with Crippen molar-refractivity contribution in [1.82, 2.24) is 0 Å². The minimum atomic E-state index is -0.766. The molecule has 0 aromatic carbocycles. The molecule has 0 spiro atoms. The Bertz CT molecular complexity index is 1320. The second-order valence-corrected chi connectivity index (χ2v) is 25.6. The van der Waals surface area contributed by atoms with E-state index in [0.717, 1.165) is 57.8 Å². The summed E-state index contributed by atoms with van der Waals surface area (Å²) in [4.78, 5) is 38.1. The van der Waals surface area contributed by atoms with Gasteiger partial charge < -0.3 is 14.2 Å². The Balaban J connectivity index is 3.92. The molecule has 1 atom stereocenters. The number of esters is 3. The largest absolute Gasteiger partial charge is 0.462 e. The molecule has 6 heteroatoms. The van der Waals surface area contributed by atoms with Crippen LogP contribution < -0.4 is 0 Å². The van der Waals surface area contributed by atoms with Gasteiger partial charge in [0.25, 0.3) is 0 Å². The van der Waals surface area contributed by atoms with Crippen molar-refractivity contribution in [2.24, 2.45) is 0 Å². The number of carbonyl (C=O) groups is 3. The average molecular weight is 1150 g/mol. The normalized spacial score (nSPS) is 12.1. The summed E-state index contributed by atoms with van der Waals surface area (Å²) in [6, 6.07) is 0. The van der Waals surface area contributed by atoms with Crippen molar-refractivity contribution < 1.29 is 28.6 Å². The van der Waals surface area contributed by atoms with Crippen LogP contribution in [0.25, 0.3) is 0 Å². The summed E-state index contributed by atoms with van der Waals surface area (Å²) in [6.45, 7) is 6.66. The van der Waals surface area contributed by atoms with Crippen LogP contribution in [0, 0.1) is 0 Å². The SMILES string of the molecule is CCCCCCCCCC/C=C\CCCCCCCCCCCCCCCCCCCCCCCC(=O)OCC(COC(=O)CCCCCCCC)OC(=O)CCCCCCCCCCCCCCC/C=C\CCCCCCCCCC. The highest BCUT2D eigenvalue weighted by Gasteiger charge is 2.20. The summed E-state index contributed by atoms with van der Waals surface area (Å²) in [5.74, 6) is -0.845. The van der Waals surface area contributed by atoms with Crippen LogP contribution in [-0.2, 0) is 28.6 Å². The molecule has 0 fully saturated rings. The van der Waals surface area contributed by atoms with Crippen LogP contribution in [0.4, 0.5) is 0 Å². The second-order valence-electron chi connectivity index (χ2n) is 25.6. The van der Waals surface area contributed by atoms with Crippen LogP contribution in [0.3, 0.4) is 0 Å². The number of hydrogen-bond donors (Lipinski definition) is 0. The van der Waals surface area contributed by atoms with Crippen LogP contribution in [0.15, 0.2) is 24.3 Å². The highest BCUT2D eigenvalue weighted by molar-refractivity contribution is 5.71. The third-order valence-electron chi connectivity index (χ3n) is 17.2. The van der Waals surface area contributed by atoms with Crippen LogP contribution in [-0.4, -0.2) is 37.2 Å². The molecule has 0 N–H and O–H groups in total. The van der Waals surface area contributed by atoms with E-state index in [1.54, 1.807) is 0 Å². The average Bonchev–Trinajstić information content (AvgIpc) is 3.47. The van der Waals surface area contributed by atoms with E-state index in [0.29, 0.717) is 19.3 Å². The Kier molecular flexibility index (Phi) is 69.5. The molecular weight excluding hydrogens is 1010 g/mol. The second kappa shape index (κ2) is 71.4. The van der Waals surface area contributed by atoms with Crippen LogP contribution in [0.2, 0.25) is 0 Å². The first-order valence-electron chi connectivity index (χ1n) is 37.3. The van der Waals surface area contributed by atoms with Gasteiger partial charge in [0, 0.05) is 19.3 Å². The van der Waals surface area contributed by atoms with Crippen molar-refractivity contribution in [2.75, 3.05) is 13.2 Å². The van der Waals surface area contributed by atoms with Gasteiger partial charge in [-0.05, 0) is 70.6 Å². The third-order valence-corrected chi connectivity index (χ3v) is 17.2. The van der Waals surface area contributed by atoms with Gasteiger partial charge in [-0.2, -0.15) is 0 Å². The third kappa shape index (κ3) is 68.7. The van der Waals surface area contributed by atoms with Gasteiger partial charge in [0.2, 0.25) is 0 Å². The standard InChI is InChI=1S/C76H144O6/c1-4-7-10-13-16-18-20-22-24-26-28-30-32-34-35-36-37-38-39-40-41-43-44-46-48-50-52-54-56-58-60-63-66-69-75(78)81-72-73(71-80-74(77)68-65-62-15-12-9-6-3)82-76(79)70-67-64-61-59-57-55-53-51-49-47-45-42-33-31-29-27-25-23-21-19-17-14-11-8-5-2/h26-29,73H,4-25,30-72H2,1-3H3/b28-26-,29-27-. The molecule has 6 nitrogen and oxygen atoms in total. The summed E-state index contributed by atoms with van der Waals surface area (Å²) >= 11 is 0. The van der Waals surface area contributed by atoms with E-state index < -0.39 is 6.10 Å². The van der Waals surface area contributed by atoms with Crippen LogP contribution >= 0.6 is 0 Å². The monoisotopic (exact) mass is 1150 g/mol. The maximum Gasteiger partial charge on any atom is 0.306 e. The molecule has 0 amide bonds. The lowest BCUT2D eigenvalue weighted by atomic mass is 10.0. The highest BCUT2D eigenvalue weighted by Crippen LogP contribution is 2.19. The van der Waals surface area contributed by atoms with Crippen molar-refractivity contribution in [3.05, 3.63) is 24.3 Å². The predicted octanol–water partition coefficient (Wildman–Crippen LogP) is 25.7. The van der Waals surface area contributed by atoms with Gasteiger partial charge >= 0.3 is 17.9 Å². The molecule has 0 aliphatic carbocycles. The zero-order chi connectivity index (χ0) is 59.2. The molecule has 0 heterocycles. The first-order chi connectivity index (χ1) is 40.5. The number of ether oxygens (including phenoxy) is 3. The first-order valence-corrected chi connectivity index (χ1v) is 37.3. The van der Waals surface area contributed by atoms with Crippen molar-refractivity contribution in [3.8, 4) is 0 Å². The van der Waals surface area contributed by atoms with Crippen molar-refractivity contribution in [2.45, 2.75) is 431 Å². The van der Waals surface area contributed by atoms with Gasteiger partial charge in [0.05, 0.1) is 0 Å². The number of hydrogen-bond acceptors (Lipinski definition) is 6. The van der Waals surface area contributed by atoms with Crippen molar-refractivity contribution >= 4 is 17.9 Å². The van der Waals surface area contributed by atoms with E-state index >= 15 is 0 Å². The molecule has 0 saturated carbocycles. The Hall–Kier alpha value is -2.11. The van der Waals surface area contributed by atoms with Gasteiger partial charge in [-0.25, -0.2) is 0 Å². The lowest BCUT2D eigenvalue weighted by molar-refractivity contribution is -0.167. The Morgan fingerprint density at radius 2 is 0.402 bits per heavy atom. The molecule has 0 saturated heterocycles. The van der Waals surface area contributed by atoms with E-state index in [1.165, 1.54) is 327 Å². The van der Waals surface area contributed by atoms with Crippen molar-refractivity contribution in [1.29, 1.82) is 0 Å². The maximum atomic E-state index is 12.9. The minimum absolute atomic E-state index is 0.0652. The molecular formula is C76H144O6.